The summed E-state index contributed by atoms with van der Waals surface area (Å²) in [6, 6.07) is 5.06. The summed E-state index contributed by atoms with van der Waals surface area (Å²) < 4.78 is 15.1. The fraction of sp³-hybridized carbons (Fsp3) is 0.333. The molecule has 0 unspecified atom stereocenters. The molecular formula is C15H19NO5. The molecule has 1 N–H and O–H groups in total. The van der Waals surface area contributed by atoms with E-state index in [-0.39, 0.29) is 17.9 Å². The molecule has 0 aliphatic rings. The minimum atomic E-state index is -0.623. The van der Waals surface area contributed by atoms with Crippen LogP contribution in [0.4, 0.5) is 5.69 Å². The van der Waals surface area contributed by atoms with Gasteiger partial charge >= 0.3 is 5.97 Å². The quantitative estimate of drug-likeness (QED) is 0.378. The van der Waals surface area contributed by atoms with Gasteiger partial charge in [0.15, 0.2) is 11.5 Å². The molecular weight excluding hydrogens is 274 g/mol. The second-order valence-electron chi connectivity index (χ2n) is 4.02. The van der Waals surface area contributed by atoms with Crippen molar-refractivity contribution in [3.8, 4) is 11.5 Å². The number of hydrogen-bond acceptors (Lipinski definition) is 6. The van der Waals surface area contributed by atoms with Gasteiger partial charge < -0.3 is 19.3 Å². The van der Waals surface area contributed by atoms with Crippen molar-refractivity contribution < 1.29 is 24.1 Å². The lowest BCUT2D eigenvalue weighted by atomic mass is 10.2. The summed E-state index contributed by atoms with van der Waals surface area (Å²) in [5.74, 6) is 0.324. The van der Waals surface area contributed by atoms with Gasteiger partial charge in [0.1, 0.15) is 11.3 Å². The summed E-state index contributed by atoms with van der Waals surface area (Å²) in [6.07, 6.45) is 1.26. The molecule has 0 aromatic heterocycles. The molecule has 0 bridgehead atoms. The number of ether oxygens (including phenoxy) is 3. The number of carbonyl (C=O) groups is 1. The summed E-state index contributed by atoms with van der Waals surface area (Å²) in [6.45, 7) is 3.31. The van der Waals surface area contributed by atoms with Crippen molar-refractivity contribution in [2.45, 2.75) is 13.8 Å². The molecule has 0 aliphatic heterocycles. The first-order chi connectivity index (χ1) is 10.0. The molecule has 6 nitrogen and oxygen atoms in total. The van der Waals surface area contributed by atoms with Crippen LogP contribution in [0.15, 0.2) is 34.5 Å². The number of esters is 1. The van der Waals surface area contributed by atoms with E-state index in [0.29, 0.717) is 17.2 Å². The molecule has 0 heterocycles. The van der Waals surface area contributed by atoms with E-state index in [1.54, 1.807) is 25.1 Å². The molecule has 21 heavy (non-hydrogen) atoms. The number of aliphatic imine (C=N–C) groups is 1. The number of methoxy groups -OCH3 is 2. The molecule has 1 aromatic carbocycles. The van der Waals surface area contributed by atoms with Crippen molar-refractivity contribution >= 4 is 17.9 Å². The van der Waals surface area contributed by atoms with E-state index in [9.17, 15) is 9.90 Å². The van der Waals surface area contributed by atoms with Gasteiger partial charge in [-0.15, -0.1) is 0 Å². The molecule has 0 amide bonds. The van der Waals surface area contributed by atoms with E-state index in [4.69, 9.17) is 14.2 Å². The molecule has 0 saturated carbocycles. The largest absolute Gasteiger partial charge is 0.512 e. The molecule has 1 aromatic rings. The Morgan fingerprint density at radius 3 is 2.48 bits per heavy atom. The molecule has 6 heteroatoms. The highest BCUT2D eigenvalue weighted by Gasteiger charge is 2.12. The highest BCUT2D eigenvalue weighted by Crippen LogP contribution is 2.30. The zero-order chi connectivity index (χ0) is 15.8. The van der Waals surface area contributed by atoms with Crippen LogP contribution in [0.2, 0.25) is 0 Å². The lowest BCUT2D eigenvalue weighted by Crippen LogP contribution is -2.10. The SMILES string of the molecule is CCOC(=O)/C(C=Nc1ccc(OC)c(OC)c1)=C(\C)O. The van der Waals surface area contributed by atoms with Crippen LogP contribution >= 0.6 is 0 Å². The van der Waals surface area contributed by atoms with Gasteiger partial charge in [-0.05, 0) is 26.0 Å². The maximum atomic E-state index is 11.7. The number of benzene rings is 1. The van der Waals surface area contributed by atoms with E-state index in [1.165, 1.54) is 27.4 Å². The van der Waals surface area contributed by atoms with Gasteiger partial charge in [-0.2, -0.15) is 0 Å². The number of nitrogens with zero attached hydrogens (tertiary/aromatic N) is 1. The monoisotopic (exact) mass is 293 g/mol. The zero-order valence-electron chi connectivity index (χ0n) is 12.5. The summed E-state index contributed by atoms with van der Waals surface area (Å²) in [5, 5.41) is 9.51. The number of carbonyl (C=O) groups excluding carboxylic acids is 1. The Morgan fingerprint density at radius 2 is 1.95 bits per heavy atom. The average Bonchev–Trinajstić information content (AvgIpc) is 2.47. The average molecular weight is 293 g/mol. The summed E-state index contributed by atoms with van der Waals surface area (Å²) in [7, 11) is 3.06. The van der Waals surface area contributed by atoms with E-state index >= 15 is 0 Å². The van der Waals surface area contributed by atoms with E-state index < -0.39 is 5.97 Å². The Bertz CT molecular complexity index is 559. The van der Waals surface area contributed by atoms with E-state index in [0.717, 1.165) is 0 Å². The Kier molecular flexibility index (Phi) is 6.26. The lowest BCUT2D eigenvalue weighted by Gasteiger charge is -2.07. The maximum Gasteiger partial charge on any atom is 0.343 e. The van der Waals surface area contributed by atoms with Crippen molar-refractivity contribution in [2.24, 2.45) is 4.99 Å². The van der Waals surface area contributed by atoms with Crippen molar-refractivity contribution in [2.75, 3.05) is 20.8 Å². The van der Waals surface area contributed by atoms with Crippen LogP contribution in [-0.4, -0.2) is 38.1 Å². The number of allylic oxidation sites excluding steroid dienone is 1. The van der Waals surface area contributed by atoms with Gasteiger partial charge in [0.2, 0.25) is 0 Å². The first-order valence-corrected chi connectivity index (χ1v) is 6.36. The van der Waals surface area contributed by atoms with Crippen LogP contribution in [-0.2, 0) is 9.53 Å². The minimum Gasteiger partial charge on any atom is -0.512 e. The molecule has 0 spiro atoms. The number of hydrogen-bond donors (Lipinski definition) is 1. The van der Waals surface area contributed by atoms with Crippen LogP contribution in [0.25, 0.3) is 0 Å². The number of rotatable bonds is 6. The highest BCUT2D eigenvalue weighted by molar-refractivity contribution is 6.10. The predicted octanol–water partition coefficient (Wildman–Crippen LogP) is 2.80. The second kappa shape index (κ2) is 7.94. The fourth-order valence-electron chi connectivity index (χ4n) is 1.55. The van der Waals surface area contributed by atoms with Crippen molar-refractivity contribution in [3.05, 3.63) is 29.5 Å². The van der Waals surface area contributed by atoms with Gasteiger partial charge in [-0.3, -0.25) is 4.99 Å². The zero-order valence-corrected chi connectivity index (χ0v) is 12.5. The van der Waals surface area contributed by atoms with Gasteiger partial charge in [-0.25, -0.2) is 4.79 Å². The highest BCUT2D eigenvalue weighted by atomic mass is 16.5. The van der Waals surface area contributed by atoms with Gasteiger partial charge in [0.25, 0.3) is 0 Å². The van der Waals surface area contributed by atoms with Gasteiger partial charge in [0.05, 0.1) is 26.5 Å². The lowest BCUT2D eigenvalue weighted by molar-refractivity contribution is -0.138. The third-order valence-corrected chi connectivity index (χ3v) is 2.59. The maximum absolute atomic E-state index is 11.7. The molecule has 114 valence electrons. The third kappa shape index (κ3) is 4.52. The Balaban J connectivity index is 3.03. The van der Waals surface area contributed by atoms with E-state index in [2.05, 4.69) is 4.99 Å². The normalized spacial score (nSPS) is 12.0. The van der Waals surface area contributed by atoms with Crippen LogP contribution in [0.1, 0.15) is 13.8 Å². The Morgan fingerprint density at radius 1 is 1.29 bits per heavy atom. The van der Waals surface area contributed by atoms with Crippen molar-refractivity contribution in [1.29, 1.82) is 0 Å². The fourth-order valence-corrected chi connectivity index (χ4v) is 1.55. The van der Waals surface area contributed by atoms with Gasteiger partial charge in [-0.1, -0.05) is 0 Å². The topological polar surface area (TPSA) is 77.4 Å². The molecule has 0 fully saturated rings. The van der Waals surface area contributed by atoms with Crippen molar-refractivity contribution in [3.63, 3.8) is 0 Å². The van der Waals surface area contributed by atoms with Crippen LogP contribution in [0.3, 0.4) is 0 Å². The number of aliphatic hydroxyl groups is 1. The van der Waals surface area contributed by atoms with Crippen LogP contribution < -0.4 is 9.47 Å². The Labute approximate surface area is 123 Å². The van der Waals surface area contributed by atoms with Gasteiger partial charge in [0, 0.05) is 12.3 Å². The first kappa shape index (κ1) is 16.6. The van der Waals surface area contributed by atoms with Crippen LogP contribution in [0.5, 0.6) is 11.5 Å². The standard InChI is InChI=1S/C15H19NO5/c1-5-21-15(18)12(10(2)17)9-16-11-6-7-13(19-3)14(8-11)20-4/h6-9,17H,5H2,1-4H3/b12-10+,16-9?. The molecule has 0 saturated heterocycles. The van der Waals surface area contributed by atoms with Crippen molar-refractivity contribution in [1.82, 2.24) is 0 Å². The molecule has 1 rings (SSSR count). The predicted molar refractivity (Wildman–Crippen MR) is 79.7 cm³/mol. The number of aliphatic hydroxyl groups excluding tert-OH is 1. The molecule has 0 atom stereocenters. The molecule has 0 radical (unpaired) electrons. The second-order valence-corrected chi connectivity index (χ2v) is 4.02. The molecule has 0 aliphatic carbocycles. The minimum absolute atomic E-state index is 0.00614. The van der Waals surface area contributed by atoms with Crippen LogP contribution in [0, 0.1) is 0 Å². The summed E-state index contributed by atoms with van der Waals surface area (Å²) in [4.78, 5) is 15.8. The van der Waals surface area contributed by atoms with E-state index in [1.807, 2.05) is 0 Å². The third-order valence-electron chi connectivity index (χ3n) is 2.59. The Hall–Kier alpha value is -2.50. The first-order valence-electron chi connectivity index (χ1n) is 6.36. The smallest absolute Gasteiger partial charge is 0.343 e. The summed E-state index contributed by atoms with van der Waals surface area (Å²) >= 11 is 0. The summed E-state index contributed by atoms with van der Waals surface area (Å²) in [5.41, 5.74) is 0.558.